The van der Waals surface area contributed by atoms with E-state index in [2.05, 4.69) is 15.3 Å². The lowest BCUT2D eigenvalue weighted by molar-refractivity contribution is 0.288. The highest BCUT2D eigenvalue weighted by Gasteiger charge is 2.22. The summed E-state index contributed by atoms with van der Waals surface area (Å²) in [5.74, 6) is 1.77. The number of nitrogens with one attached hydrogen (secondary N) is 1. The second-order valence-corrected chi connectivity index (χ2v) is 5.95. The Bertz CT molecular complexity index is 678. The number of aryl methyl sites for hydroxylation is 1. The summed E-state index contributed by atoms with van der Waals surface area (Å²) in [4.78, 5) is 8.59. The van der Waals surface area contributed by atoms with Gasteiger partial charge in [-0.05, 0) is 49.4 Å². The molecule has 1 aromatic carbocycles. The third-order valence-corrected chi connectivity index (χ3v) is 3.72. The first-order chi connectivity index (χ1) is 11.2. The van der Waals surface area contributed by atoms with Gasteiger partial charge < -0.3 is 15.8 Å². The summed E-state index contributed by atoms with van der Waals surface area (Å²) in [5.41, 5.74) is 9.10. The van der Waals surface area contributed by atoms with Gasteiger partial charge in [0, 0.05) is 18.0 Å². The van der Waals surface area contributed by atoms with Crippen LogP contribution in [0.2, 0.25) is 0 Å². The topological polar surface area (TPSA) is 72.5 Å². The predicted octanol–water partition coefficient (Wildman–Crippen LogP) is 3.11. The van der Waals surface area contributed by atoms with Gasteiger partial charge in [0.05, 0.1) is 13.2 Å². The molecule has 2 aromatic rings. The summed E-state index contributed by atoms with van der Waals surface area (Å²) in [6, 6.07) is 11.9. The Hall–Kier alpha value is -2.56. The zero-order valence-corrected chi connectivity index (χ0v) is 13.3. The molecule has 1 aliphatic rings. The Balaban J connectivity index is 1.55. The van der Waals surface area contributed by atoms with Gasteiger partial charge >= 0.3 is 0 Å². The van der Waals surface area contributed by atoms with Gasteiger partial charge in [0.25, 0.3) is 0 Å². The maximum Gasteiger partial charge on any atom is 0.213 e. The smallest absolute Gasteiger partial charge is 0.213 e. The molecule has 1 aliphatic carbocycles. The fraction of sp³-hybridized carbons (Fsp3) is 0.333. The molecule has 1 saturated carbocycles. The maximum absolute atomic E-state index is 5.93. The van der Waals surface area contributed by atoms with Gasteiger partial charge in [-0.25, -0.2) is 9.98 Å². The summed E-state index contributed by atoms with van der Waals surface area (Å²) in [7, 11) is 0. The normalized spacial score (nSPS) is 14.6. The van der Waals surface area contributed by atoms with Crippen molar-refractivity contribution in [2.45, 2.75) is 26.3 Å². The van der Waals surface area contributed by atoms with Crippen molar-refractivity contribution in [2.75, 3.05) is 11.9 Å². The number of aliphatic imine (C=N–C) groups is 1. The number of ether oxygens (including phenoxy) is 1. The van der Waals surface area contributed by atoms with Gasteiger partial charge in [-0.3, -0.25) is 0 Å². The van der Waals surface area contributed by atoms with Crippen molar-refractivity contribution in [2.24, 2.45) is 16.6 Å². The van der Waals surface area contributed by atoms with Crippen LogP contribution in [0.25, 0.3) is 0 Å². The van der Waals surface area contributed by atoms with Crippen molar-refractivity contribution >= 4 is 11.6 Å². The molecular formula is C18H22N4O. The largest absolute Gasteiger partial charge is 0.477 e. The number of nitrogens with zero attached hydrogens (tertiary/aromatic N) is 2. The molecule has 1 aromatic heterocycles. The molecule has 3 N–H and O–H groups in total. The van der Waals surface area contributed by atoms with Crippen molar-refractivity contribution in [3.8, 4) is 5.88 Å². The number of anilines is 1. The lowest BCUT2D eigenvalue weighted by Crippen LogP contribution is -2.22. The first-order valence-electron chi connectivity index (χ1n) is 7.90. The zero-order valence-electron chi connectivity index (χ0n) is 13.3. The number of aromatic nitrogens is 1. The van der Waals surface area contributed by atoms with Crippen LogP contribution in [0.4, 0.5) is 5.69 Å². The summed E-state index contributed by atoms with van der Waals surface area (Å²) in [5, 5.41) is 3.08. The number of hydrogen-bond donors (Lipinski definition) is 2. The first kappa shape index (κ1) is 15.3. The molecule has 0 bridgehead atoms. The van der Waals surface area contributed by atoms with Gasteiger partial charge in [0.1, 0.15) is 0 Å². The number of guanidine groups is 1. The second kappa shape index (κ2) is 7.13. The third-order valence-electron chi connectivity index (χ3n) is 3.72. The number of hydrogen-bond acceptors (Lipinski definition) is 3. The number of nitrogens with two attached hydrogens (primary N) is 1. The SMILES string of the molecule is Cc1ccc(NC(N)=NCc2ccnc(OCC3CC3)c2)cc1. The molecule has 23 heavy (non-hydrogen) atoms. The number of rotatable bonds is 6. The summed E-state index contributed by atoms with van der Waals surface area (Å²) in [6.07, 6.45) is 4.28. The molecule has 5 heteroatoms. The highest BCUT2D eigenvalue weighted by molar-refractivity contribution is 5.92. The minimum Gasteiger partial charge on any atom is -0.477 e. The Morgan fingerprint density at radius 2 is 2.09 bits per heavy atom. The molecule has 3 rings (SSSR count). The van der Waals surface area contributed by atoms with Gasteiger partial charge in [0.2, 0.25) is 5.88 Å². The van der Waals surface area contributed by atoms with E-state index < -0.39 is 0 Å². The average molecular weight is 310 g/mol. The monoisotopic (exact) mass is 310 g/mol. The van der Waals surface area contributed by atoms with Crippen LogP contribution in [0.1, 0.15) is 24.0 Å². The van der Waals surface area contributed by atoms with Crippen LogP contribution < -0.4 is 15.8 Å². The Morgan fingerprint density at radius 3 is 2.83 bits per heavy atom. The molecule has 0 unspecified atom stereocenters. The standard InChI is InChI=1S/C18H22N4O/c1-13-2-6-16(7-3-13)22-18(19)21-11-15-8-9-20-17(10-15)23-12-14-4-5-14/h2-3,6-10,14H,4-5,11-12H2,1H3,(H3,19,21,22). The van der Waals surface area contributed by atoms with Crippen LogP contribution in [0.15, 0.2) is 47.6 Å². The predicted molar refractivity (Wildman–Crippen MR) is 92.6 cm³/mol. The van der Waals surface area contributed by atoms with Crippen molar-refractivity contribution in [3.63, 3.8) is 0 Å². The van der Waals surface area contributed by atoms with Crippen LogP contribution in [0.5, 0.6) is 5.88 Å². The van der Waals surface area contributed by atoms with E-state index in [0.717, 1.165) is 17.9 Å². The first-order valence-corrected chi connectivity index (χ1v) is 7.90. The van der Waals surface area contributed by atoms with Crippen LogP contribution in [-0.2, 0) is 6.54 Å². The molecule has 0 radical (unpaired) electrons. The second-order valence-electron chi connectivity index (χ2n) is 5.95. The van der Waals surface area contributed by atoms with E-state index in [4.69, 9.17) is 10.5 Å². The van der Waals surface area contributed by atoms with Gasteiger partial charge in [-0.2, -0.15) is 0 Å². The highest BCUT2D eigenvalue weighted by atomic mass is 16.5. The van der Waals surface area contributed by atoms with E-state index in [1.807, 2.05) is 43.3 Å². The fourth-order valence-corrected chi connectivity index (χ4v) is 2.12. The molecule has 0 atom stereocenters. The van der Waals surface area contributed by atoms with Crippen molar-refractivity contribution in [3.05, 3.63) is 53.7 Å². The molecule has 5 nitrogen and oxygen atoms in total. The van der Waals surface area contributed by atoms with Crippen LogP contribution >= 0.6 is 0 Å². The quantitative estimate of drug-likeness (QED) is 0.635. The van der Waals surface area contributed by atoms with Crippen LogP contribution in [-0.4, -0.2) is 17.6 Å². The van der Waals surface area contributed by atoms with Crippen LogP contribution in [0.3, 0.4) is 0 Å². The lowest BCUT2D eigenvalue weighted by atomic mass is 10.2. The van der Waals surface area contributed by atoms with E-state index in [1.54, 1.807) is 6.20 Å². The van der Waals surface area contributed by atoms with E-state index >= 15 is 0 Å². The number of benzene rings is 1. The molecule has 0 aliphatic heterocycles. The Kier molecular flexibility index (Phi) is 4.76. The van der Waals surface area contributed by atoms with Crippen molar-refractivity contribution in [1.29, 1.82) is 0 Å². The molecule has 120 valence electrons. The maximum atomic E-state index is 5.93. The zero-order chi connectivity index (χ0) is 16.1. The summed E-state index contributed by atoms with van der Waals surface area (Å²) >= 11 is 0. The molecule has 0 spiro atoms. The third kappa shape index (κ3) is 4.98. The van der Waals surface area contributed by atoms with E-state index in [-0.39, 0.29) is 0 Å². The summed E-state index contributed by atoms with van der Waals surface area (Å²) < 4.78 is 5.68. The summed E-state index contributed by atoms with van der Waals surface area (Å²) in [6.45, 7) is 3.30. The van der Waals surface area contributed by atoms with E-state index in [1.165, 1.54) is 18.4 Å². The van der Waals surface area contributed by atoms with Crippen molar-refractivity contribution < 1.29 is 4.74 Å². The fourth-order valence-electron chi connectivity index (χ4n) is 2.12. The molecule has 1 fully saturated rings. The van der Waals surface area contributed by atoms with Crippen molar-refractivity contribution in [1.82, 2.24) is 4.98 Å². The molecule has 0 saturated heterocycles. The van der Waals surface area contributed by atoms with E-state index in [9.17, 15) is 0 Å². The minimum atomic E-state index is 0.395. The van der Waals surface area contributed by atoms with Crippen LogP contribution in [0, 0.1) is 12.8 Å². The highest BCUT2D eigenvalue weighted by Crippen LogP contribution is 2.29. The molecule has 0 amide bonds. The minimum absolute atomic E-state index is 0.395. The van der Waals surface area contributed by atoms with Gasteiger partial charge in [-0.15, -0.1) is 0 Å². The van der Waals surface area contributed by atoms with Gasteiger partial charge in [0.15, 0.2) is 5.96 Å². The Labute approximate surface area is 136 Å². The van der Waals surface area contributed by atoms with E-state index in [0.29, 0.717) is 24.3 Å². The molecule has 1 heterocycles. The van der Waals surface area contributed by atoms with Gasteiger partial charge in [-0.1, -0.05) is 17.7 Å². The number of pyridine rings is 1. The molecular weight excluding hydrogens is 288 g/mol. The Morgan fingerprint density at radius 1 is 1.30 bits per heavy atom. The lowest BCUT2D eigenvalue weighted by Gasteiger charge is -2.07. The average Bonchev–Trinajstić information content (AvgIpc) is 3.38.